The predicted molar refractivity (Wildman–Crippen MR) is 297 cm³/mol. The first-order valence-corrected chi connectivity index (χ1v) is 28.3. The number of nitrogens with zero attached hydrogens (tertiary/aromatic N) is 4. The van der Waals surface area contributed by atoms with Crippen LogP contribution in [0.1, 0.15) is 76.9 Å². The second kappa shape index (κ2) is 29.6. The third-order valence-electron chi connectivity index (χ3n) is 13.4. The number of carbonyl (C=O) groups is 6. The van der Waals surface area contributed by atoms with Crippen LogP contribution in [0.2, 0.25) is 0 Å². The lowest BCUT2D eigenvalue weighted by Crippen LogP contribution is -2.58. The Morgan fingerprint density at radius 1 is 0.557 bits per heavy atom. The van der Waals surface area contributed by atoms with E-state index in [1.54, 1.807) is 33.7 Å². The van der Waals surface area contributed by atoms with E-state index < -0.39 is 82.6 Å². The number of thiazole rings is 2. The third kappa shape index (κ3) is 18.7. The summed E-state index contributed by atoms with van der Waals surface area (Å²) in [7, 11) is 0. The number of carbonyl (C=O) groups excluding carboxylic acids is 6. The first-order chi connectivity index (χ1) is 37.6. The molecular formula is C56H78N8O13S2. The third-order valence-corrected chi connectivity index (χ3v) is 15.3. The van der Waals surface area contributed by atoms with E-state index in [0.29, 0.717) is 0 Å². The van der Waals surface area contributed by atoms with Gasteiger partial charge in [0.25, 0.3) is 0 Å². The van der Waals surface area contributed by atoms with Crippen LogP contribution in [-0.2, 0) is 65.5 Å². The lowest BCUT2D eigenvalue weighted by molar-refractivity contribution is -0.144. The number of benzene rings is 2. The number of nitrogens with one attached hydrogen (secondary N) is 4. The molecule has 2 aromatic heterocycles. The fourth-order valence-electron chi connectivity index (χ4n) is 9.07. The van der Waals surface area contributed by atoms with Crippen molar-refractivity contribution in [2.75, 3.05) is 79.2 Å². The average molecular weight is 1140 g/mol. The Morgan fingerprint density at radius 2 is 0.886 bits per heavy atom. The molecule has 0 bridgehead atoms. The van der Waals surface area contributed by atoms with Crippen LogP contribution in [0.4, 0.5) is 0 Å². The van der Waals surface area contributed by atoms with Gasteiger partial charge < -0.3 is 65.0 Å². The summed E-state index contributed by atoms with van der Waals surface area (Å²) in [4.78, 5) is 94.2. The summed E-state index contributed by atoms with van der Waals surface area (Å²) in [5.74, 6) is -2.75. The Labute approximate surface area is 470 Å². The van der Waals surface area contributed by atoms with Crippen LogP contribution in [-0.4, -0.2) is 181 Å². The number of hydrogen-bond acceptors (Lipinski definition) is 17. The molecule has 0 spiro atoms. The highest BCUT2D eigenvalue weighted by molar-refractivity contribution is 7.13. The van der Waals surface area contributed by atoms with Crippen molar-refractivity contribution in [1.29, 1.82) is 0 Å². The average Bonchev–Trinajstić information content (AvgIpc) is 4.28. The number of aliphatic hydroxyl groups excluding tert-OH is 2. The largest absolute Gasteiger partial charge is 0.391 e. The second-order valence-electron chi connectivity index (χ2n) is 21.8. The normalized spacial score (nSPS) is 18.3. The van der Waals surface area contributed by atoms with Crippen LogP contribution in [0.25, 0.3) is 20.9 Å². The molecular weight excluding hydrogens is 1060 g/mol. The number of hydrogen-bond donors (Lipinski definition) is 6. The summed E-state index contributed by atoms with van der Waals surface area (Å²) in [6.07, 6.45) is -1.63. The van der Waals surface area contributed by atoms with Gasteiger partial charge in [-0.3, -0.25) is 28.8 Å². The maximum Gasteiger partial charge on any atom is 0.246 e. The molecule has 21 nitrogen and oxygen atoms in total. The molecule has 2 aromatic carbocycles. The van der Waals surface area contributed by atoms with Crippen LogP contribution in [0.3, 0.4) is 0 Å². The number of β-amino-alcohol motifs (C(OH)–C–C–N with tert-alkyl or cyclic N) is 2. The van der Waals surface area contributed by atoms with Gasteiger partial charge in [0.15, 0.2) is 0 Å². The summed E-state index contributed by atoms with van der Waals surface area (Å²) >= 11 is 3.12. The Balaban J connectivity index is 0.795. The van der Waals surface area contributed by atoms with Gasteiger partial charge in [-0.1, -0.05) is 90.1 Å². The van der Waals surface area contributed by atoms with Gasteiger partial charge in [-0.05, 0) is 46.9 Å². The van der Waals surface area contributed by atoms with Crippen molar-refractivity contribution < 1.29 is 62.7 Å². The highest BCUT2D eigenvalue weighted by Crippen LogP contribution is 2.31. The van der Waals surface area contributed by atoms with Crippen molar-refractivity contribution in [3.05, 3.63) is 82.1 Å². The van der Waals surface area contributed by atoms with Crippen LogP contribution in [0.15, 0.2) is 59.6 Å². The molecule has 6 rings (SSSR count). The summed E-state index contributed by atoms with van der Waals surface area (Å²) in [6, 6.07) is 11.8. The van der Waals surface area contributed by atoms with E-state index in [0.717, 1.165) is 43.4 Å². The number of rotatable bonds is 28. The molecule has 0 aliphatic carbocycles. The Bertz CT molecular complexity index is 2460. The SMILES string of the molecule is Cc1ncsc1-c1ccc(CNC(=O)[C@@H]2C[C@@H](O)CN2C(=O)[C@@H](NC(=O)COCCOCCOCCOCCOCC(=O)N[C@H](C(=O)N2C[C@H](O)C[C@H]2C(=O)NCc2ccc(-c3scnc3C)cc2)C(C)(C)C)C(C)(C)C)cc1. The van der Waals surface area contributed by atoms with Crippen molar-refractivity contribution in [3.8, 4) is 20.9 Å². The van der Waals surface area contributed by atoms with E-state index in [9.17, 15) is 39.0 Å². The van der Waals surface area contributed by atoms with E-state index in [1.807, 2.05) is 104 Å². The first kappa shape index (κ1) is 62.4. The van der Waals surface area contributed by atoms with Crippen molar-refractivity contribution in [1.82, 2.24) is 41.0 Å². The van der Waals surface area contributed by atoms with Crippen molar-refractivity contribution >= 4 is 58.1 Å². The van der Waals surface area contributed by atoms with Gasteiger partial charge in [0.1, 0.15) is 37.4 Å². The summed E-state index contributed by atoms with van der Waals surface area (Å²) in [6.45, 7) is 16.2. The van der Waals surface area contributed by atoms with Crippen molar-refractivity contribution in [2.45, 2.75) is 118 Å². The number of aryl methyl sites for hydroxylation is 2. The second-order valence-corrected chi connectivity index (χ2v) is 23.5. The van der Waals surface area contributed by atoms with Gasteiger partial charge in [0, 0.05) is 39.0 Å². The van der Waals surface area contributed by atoms with Crippen LogP contribution in [0, 0.1) is 24.7 Å². The van der Waals surface area contributed by atoms with Gasteiger partial charge >= 0.3 is 0 Å². The zero-order valence-corrected chi connectivity index (χ0v) is 48.2. The molecule has 2 aliphatic heterocycles. The number of aliphatic hydroxyl groups is 2. The number of ether oxygens (including phenoxy) is 5. The predicted octanol–water partition coefficient (Wildman–Crippen LogP) is 3.55. The molecule has 79 heavy (non-hydrogen) atoms. The minimum Gasteiger partial charge on any atom is -0.391 e. The molecule has 2 aliphatic rings. The zero-order valence-electron chi connectivity index (χ0n) is 46.5. The van der Waals surface area contributed by atoms with E-state index in [2.05, 4.69) is 31.2 Å². The molecule has 432 valence electrons. The lowest BCUT2D eigenvalue weighted by Gasteiger charge is -2.35. The Kier molecular flexibility index (Phi) is 23.4. The number of likely N-dealkylation sites (tertiary alicyclic amines) is 2. The molecule has 6 atom stereocenters. The lowest BCUT2D eigenvalue weighted by atomic mass is 9.85. The summed E-state index contributed by atoms with van der Waals surface area (Å²) < 4.78 is 27.7. The fraction of sp³-hybridized carbons (Fsp3) is 0.571. The quantitative estimate of drug-likeness (QED) is 0.0444. The Hall–Kier alpha value is -5.76. The van der Waals surface area contributed by atoms with Gasteiger partial charge in [-0.15, -0.1) is 22.7 Å². The van der Waals surface area contributed by atoms with Crippen LogP contribution >= 0.6 is 22.7 Å². The van der Waals surface area contributed by atoms with Crippen molar-refractivity contribution in [3.63, 3.8) is 0 Å². The molecule has 6 amide bonds. The fourth-order valence-corrected chi connectivity index (χ4v) is 10.7. The van der Waals surface area contributed by atoms with Crippen LogP contribution < -0.4 is 21.3 Å². The molecule has 4 heterocycles. The first-order valence-electron chi connectivity index (χ1n) is 26.6. The van der Waals surface area contributed by atoms with Gasteiger partial charge in [0.2, 0.25) is 35.4 Å². The summed E-state index contributed by atoms with van der Waals surface area (Å²) in [5, 5.41) is 32.5. The van der Waals surface area contributed by atoms with Crippen LogP contribution in [0.5, 0.6) is 0 Å². The van der Waals surface area contributed by atoms with E-state index in [1.165, 1.54) is 9.80 Å². The zero-order chi connectivity index (χ0) is 57.3. The maximum atomic E-state index is 14.0. The van der Waals surface area contributed by atoms with E-state index >= 15 is 0 Å². The minimum atomic E-state index is -0.995. The minimum absolute atomic E-state index is 0.0389. The molecule has 6 N–H and O–H groups in total. The van der Waals surface area contributed by atoms with E-state index in [-0.39, 0.29) is 105 Å². The topological polar surface area (TPSA) is 269 Å². The Morgan fingerprint density at radius 3 is 1.19 bits per heavy atom. The summed E-state index contributed by atoms with van der Waals surface area (Å²) in [5.41, 5.74) is 7.88. The molecule has 2 saturated heterocycles. The highest BCUT2D eigenvalue weighted by atomic mass is 32.1. The van der Waals surface area contributed by atoms with Crippen molar-refractivity contribution in [2.24, 2.45) is 10.8 Å². The van der Waals surface area contributed by atoms with Gasteiger partial charge in [-0.25, -0.2) is 9.97 Å². The monoisotopic (exact) mass is 1130 g/mol. The number of aromatic nitrogens is 2. The van der Waals surface area contributed by atoms with Gasteiger partial charge in [-0.2, -0.15) is 0 Å². The van der Waals surface area contributed by atoms with E-state index in [4.69, 9.17) is 23.7 Å². The van der Waals surface area contributed by atoms with Gasteiger partial charge in [0.05, 0.1) is 97.2 Å². The molecule has 23 heteroatoms. The maximum absolute atomic E-state index is 14.0. The molecule has 0 radical (unpaired) electrons. The molecule has 2 fully saturated rings. The highest BCUT2D eigenvalue weighted by Gasteiger charge is 2.46. The standard InChI is InChI=1S/C56H78N8O13S2/c1-35-47(78-33-59-35)39-13-9-37(10-14-39)27-57-51(69)43-25-41(65)29-63(43)53(71)49(55(3,4)5)61-45(67)31-76-23-21-74-19-17-73-18-20-75-22-24-77-32-46(68)62-50(56(6,7)8)54(72)64-30-42(66)26-44(64)52(70)58-28-38-11-15-40(16-12-38)48-36(2)60-34-79-48/h9-16,33-34,41-44,49-50,65-66H,17-32H2,1-8H3,(H,57,69)(H,58,70)(H,61,67)(H,62,68)/t41-,42-,43+,44+,49-,50-/m1/s1. The molecule has 0 unspecified atom stereocenters. The molecule has 0 saturated carbocycles. The molecule has 4 aromatic rings. The smallest absolute Gasteiger partial charge is 0.246 e. The number of amides is 6.